The van der Waals surface area contributed by atoms with Gasteiger partial charge in [-0.3, -0.25) is 4.79 Å². The zero-order chi connectivity index (χ0) is 15.5. The predicted octanol–water partition coefficient (Wildman–Crippen LogP) is 3.78. The average molecular weight is 313 g/mol. The van der Waals surface area contributed by atoms with Gasteiger partial charge in [0.15, 0.2) is 0 Å². The fourth-order valence-electron chi connectivity index (χ4n) is 2.53. The van der Waals surface area contributed by atoms with Gasteiger partial charge in [-0.2, -0.15) is 0 Å². The number of halogens is 1. The first-order chi connectivity index (χ1) is 10.6. The highest BCUT2D eigenvalue weighted by molar-refractivity contribution is 6.31. The molecule has 4 heteroatoms. The molecule has 3 nitrogen and oxygen atoms in total. The topological polar surface area (TPSA) is 44.9 Å². The number of hydrogen-bond donors (Lipinski definition) is 2. The average Bonchev–Trinajstić information content (AvgIpc) is 2.51. The molecular formula is C18H17ClN2O. The van der Waals surface area contributed by atoms with Crippen molar-refractivity contribution < 1.29 is 0 Å². The Kier molecular flexibility index (Phi) is 4.27. The third-order valence-corrected chi connectivity index (χ3v) is 4.12. The molecule has 0 radical (unpaired) electrons. The molecule has 1 aromatic heterocycles. The lowest BCUT2D eigenvalue weighted by atomic mass is 10.1. The lowest BCUT2D eigenvalue weighted by Crippen LogP contribution is -2.21. The van der Waals surface area contributed by atoms with Crippen LogP contribution in [0.25, 0.3) is 10.9 Å². The van der Waals surface area contributed by atoms with E-state index in [0.717, 1.165) is 32.6 Å². The Labute approximate surface area is 133 Å². The van der Waals surface area contributed by atoms with E-state index in [4.69, 9.17) is 11.6 Å². The number of nitrogens with one attached hydrogen (secondary N) is 2. The zero-order valence-corrected chi connectivity index (χ0v) is 13.1. The van der Waals surface area contributed by atoms with Crippen molar-refractivity contribution in [2.24, 2.45) is 0 Å². The van der Waals surface area contributed by atoms with Gasteiger partial charge in [0.2, 0.25) is 0 Å². The first-order valence-electron chi connectivity index (χ1n) is 7.21. The molecular weight excluding hydrogens is 296 g/mol. The maximum absolute atomic E-state index is 12.2. The van der Waals surface area contributed by atoms with E-state index in [1.165, 1.54) is 0 Å². The van der Waals surface area contributed by atoms with E-state index in [1.807, 2.05) is 55.5 Å². The summed E-state index contributed by atoms with van der Waals surface area (Å²) in [5.41, 5.74) is 3.68. The quantitative estimate of drug-likeness (QED) is 0.770. The van der Waals surface area contributed by atoms with Crippen LogP contribution < -0.4 is 10.9 Å². The number of aromatic amines is 1. The van der Waals surface area contributed by atoms with Gasteiger partial charge in [0.05, 0.1) is 5.52 Å². The number of aryl methyl sites for hydroxylation is 1. The smallest absolute Gasteiger partial charge is 0.252 e. The highest BCUT2D eigenvalue weighted by Gasteiger charge is 2.05. The molecule has 0 aliphatic carbocycles. The number of para-hydroxylation sites is 1. The molecule has 0 spiro atoms. The largest absolute Gasteiger partial charge is 0.321 e. The molecule has 3 rings (SSSR count). The minimum Gasteiger partial charge on any atom is -0.321 e. The number of hydrogen-bond acceptors (Lipinski definition) is 2. The van der Waals surface area contributed by atoms with Gasteiger partial charge in [-0.25, -0.2) is 0 Å². The first kappa shape index (κ1) is 14.8. The number of benzene rings is 2. The molecule has 0 saturated carbocycles. The van der Waals surface area contributed by atoms with Crippen LogP contribution in [0.5, 0.6) is 0 Å². The van der Waals surface area contributed by atoms with E-state index in [1.54, 1.807) is 0 Å². The maximum Gasteiger partial charge on any atom is 0.252 e. The SMILES string of the molecule is Cc1cccc2cc(CNCc3ccccc3Cl)c(=O)[nH]c12. The normalized spacial score (nSPS) is 11.0. The van der Waals surface area contributed by atoms with Crippen LogP contribution in [0.4, 0.5) is 0 Å². The van der Waals surface area contributed by atoms with Crippen LogP contribution in [0.3, 0.4) is 0 Å². The lowest BCUT2D eigenvalue weighted by Gasteiger charge is -2.08. The standard InChI is InChI=1S/C18H17ClN2O/c1-12-5-4-7-13-9-15(18(22)21-17(12)13)11-20-10-14-6-2-3-8-16(14)19/h2-9,20H,10-11H2,1H3,(H,21,22). The predicted molar refractivity (Wildman–Crippen MR) is 91.3 cm³/mol. The summed E-state index contributed by atoms with van der Waals surface area (Å²) in [6, 6.07) is 15.6. The summed E-state index contributed by atoms with van der Waals surface area (Å²) in [6.07, 6.45) is 0. The molecule has 0 unspecified atom stereocenters. The number of fused-ring (bicyclic) bond motifs is 1. The minimum atomic E-state index is -0.0477. The zero-order valence-electron chi connectivity index (χ0n) is 12.3. The van der Waals surface area contributed by atoms with Crippen LogP contribution in [0.15, 0.2) is 53.3 Å². The van der Waals surface area contributed by atoms with Crippen LogP contribution in [-0.2, 0) is 13.1 Å². The Hall–Kier alpha value is -2.10. The molecule has 112 valence electrons. The molecule has 0 bridgehead atoms. The number of pyridine rings is 1. The molecule has 0 aliphatic rings. The van der Waals surface area contributed by atoms with E-state index in [9.17, 15) is 4.79 Å². The third kappa shape index (κ3) is 3.06. The maximum atomic E-state index is 12.2. The summed E-state index contributed by atoms with van der Waals surface area (Å²) in [7, 11) is 0. The third-order valence-electron chi connectivity index (χ3n) is 3.75. The first-order valence-corrected chi connectivity index (χ1v) is 7.58. The summed E-state index contributed by atoms with van der Waals surface area (Å²) in [5.74, 6) is 0. The fourth-order valence-corrected chi connectivity index (χ4v) is 2.74. The second-order valence-corrected chi connectivity index (χ2v) is 5.77. The summed E-state index contributed by atoms with van der Waals surface area (Å²) in [6.45, 7) is 3.13. The molecule has 0 fully saturated rings. The van der Waals surface area contributed by atoms with Crippen molar-refractivity contribution in [3.05, 3.63) is 80.6 Å². The van der Waals surface area contributed by atoms with E-state index in [-0.39, 0.29) is 5.56 Å². The van der Waals surface area contributed by atoms with Crippen molar-refractivity contribution in [3.8, 4) is 0 Å². The molecule has 0 amide bonds. The fraction of sp³-hybridized carbons (Fsp3) is 0.167. The second-order valence-electron chi connectivity index (χ2n) is 5.36. The van der Waals surface area contributed by atoms with Crippen molar-refractivity contribution >= 4 is 22.5 Å². The number of H-pyrrole nitrogens is 1. The van der Waals surface area contributed by atoms with Gasteiger partial charge in [-0.05, 0) is 35.6 Å². The summed E-state index contributed by atoms with van der Waals surface area (Å²) >= 11 is 6.12. The lowest BCUT2D eigenvalue weighted by molar-refractivity contribution is 0.689. The highest BCUT2D eigenvalue weighted by atomic mass is 35.5. The van der Waals surface area contributed by atoms with Gasteiger partial charge in [0.25, 0.3) is 5.56 Å². The number of aromatic nitrogens is 1. The Morgan fingerprint density at radius 3 is 2.64 bits per heavy atom. The van der Waals surface area contributed by atoms with Crippen LogP contribution in [0.2, 0.25) is 5.02 Å². The Balaban J connectivity index is 1.78. The summed E-state index contributed by atoms with van der Waals surface area (Å²) < 4.78 is 0. The van der Waals surface area contributed by atoms with Gasteiger partial charge >= 0.3 is 0 Å². The van der Waals surface area contributed by atoms with Crippen LogP contribution in [0.1, 0.15) is 16.7 Å². The molecule has 0 aliphatic heterocycles. The van der Waals surface area contributed by atoms with E-state index in [0.29, 0.717) is 13.1 Å². The van der Waals surface area contributed by atoms with E-state index < -0.39 is 0 Å². The van der Waals surface area contributed by atoms with E-state index >= 15 is 0 Å². The molecule has 22 heavy (non-hydrogen) atoms. The second kappa shape index (κ2) is 6.34. The van der Waals surface area contributed by atoms with Crippen molar-refractivity contribution in [2.45, 2.75) is 20.0 Å². The Bertz CT molecular complexity index is 870. The van der Waals surface area contributed by atoms with Crippen molar-refractivity contribution in [1.82, 2.24) is 10.3 Å². The molecule has 1 heterocycles. The molecule has 0 atom stereocenters. The van der Waals surface area contributed by atoms with Gasteiger partial charge in [-0.1, -0.05) is 48.0 Å². The Morgan fingerprint density at radius 1 is 1.05 bits per heavy atom. The van der Waals surface area contributed by atoms with Crippen LogP contribution in [-0.4, -0.2) is 4.98 Å². The number of rotatable bonds is 4. The van der Waals surface area contributed by atoms with Crippen LogP contribution in [0, 0.1) is 6.92 Å². The highest BCUT2D eigenvalue weighted by Crippen LogP contribution is 2.16. The summed E-state index contributed by atoms with van der Waals surface area (Å²) in [5, 5.41) is 5.06. The van der Waals surface area contributed by atoms with Gasteiger partial charge in [0.1, 0.15) is 0 Å². The monoisotopic (exact) mass is 312 g/mol. The molecule has 3 aromatic rings. The minimum absolute atomic E-state index is 0.0477. The molecule has 2 N–H and O–H groups in total. The van der Waals surface area contributed by atoms with Gasteiger partial charge in [-0.15, -0.1) is 0 Å². The van der Waals surface area contributed by atoms with Crippen molar-refractivity contribution in [2.75, 3.05) is 0 Å². The van der Waals surface area contributed by atoms with Crippen molar-refractivity contribution in [3.63, 3.8) is 0 Å². The summed E-state index contributed by atoms with van der Waals surface area (Å²) in [4.78, 5) is 15.1. The van der Waals surface area contributed by atoms with Gasteiger partial charge < -0.3 is 10.3 Å². The Morgan fingerprint density at radius 2 is 1.82 bits per heavy atom. The van der Waals surface area contributed by atoms with Crippen LogP contribution >= 0.6 is 11.6 Å². The van der Waals surface area contributed by atoms with Crippen molar-refractivity contribution in [1.29, 1.82) is 0 Å². The molecule has 2 aromatic carbocycles. The molecule has 0 saturated heterocycles. The van der Waals surface area contributed by atoms with E-state index in [2.05, 4.69) is 10.3 Å². The van der Waals surface area contributed by atoms with Gasteiger partial charge in [0, 0.05) is 23.7 Å².